The van der Waals surface area contributed by atoms with Crippen LogP contribution < -0.4 is 5.73 Å². The van der Waals surface area contributed by atoms with Gasteiger partial charge in [0.1, 0.15) is 0 Å². The Kier molecular flexibility index (Phi) is 1.80. The SMILES string of the molecule is C[C@H](CN)CC1(C)CC1. The van der Waals surface area contributed by atoms with Gasteiger partial charge in [0, 0.05) is 0 Å². The van der Waals surface area contributed by atoms with Gasteiger partial charge in [-0.3, -0.25) is 0 Å². The predicted octanol–water partition coefficient (Wildman–Crippen LogP) is 1.77. The maximum Gasteiger partial charge on any atom is -0.00513 e. The Morgan fingerprint density at radius 3 is 2.44 bits per heavy atom. The number of hydrogen-bond donors (Lipinski definition) is 1. The van der Waals surface area contributed by atoms with E-state index in [1.165, 1.54) is 19.3 Å². The molecule has 2 N–H and O–H groups in total. The van der Waals surface area contributed by atoms with Gasteiger partial charge in [0.15, 0.2) is 0 Å². The van der Waals surface area contributed by atoms with Crippen LogP contribution in [0.25, 0.3) is 0 Å². The Labute approximate surface area is 57.6 Å². The molecule has 0 heterocycles. The first-order valence-corrected chi connectivity index (χ1v) is 3.86. The van der Waals surface area contributed by atoms with Crippen molar-refractivity contribution in [3.8, 4) is 0 Å². The summed E-state index contributed by atoms with van der Waals surface area (Å²) in [4.78, 5) is 0. The first-order valence-electron chi connectivity index (χ1n) is 3.86. The molecule has 1 aliphatic rings. The van der Waals surface area contributed by atoms with Crippen LogP contribution in [-0.2, 0) is 0 Å². The summed E-state index contributed by atoms with van der Waals surface area (Å²) in [5.74, 6) is 0.734. The van der Waals surface area contributed by atoms with Gasteiger partial charge < -0.3 is 5.73 Å². The number of hydrogen-bond acceptors (Lipinski definition) is 1. The number of nitrogens with two attached hydrogens (primary N) is 1. The van der Waals surface area contributed by atoms with Crippen molar-refractivity contribution in [3.05, 3.63) is 0 Å². The zero-order chi connectivity index (χ0) is 6.91. The number of rotatable bonds is 3. The third-order valence-electron chi connectivity index (χ3n) is 2.35. The molecule has 0 saturated heterocycles. The van der Waals surface area contributed by atoms with Crippen molar-refractivity contribution in [3.63, 3.8) is 0 Å². The zero-order valence-electron chi connectivity index (χ0n) is 6.48. The molecule has 9 heavy (non-hydrogen) atoms. The van der Waals surface area contributed by atoms with Crippen LogP contribution in [0.2, 0.25) is 0 Å². The second-order valence-corrected chi connectivity index (χ2v) is 3.86. The molecule has 1 heteroatoms. The predicted molar refractivity (Wildman–Crippen MR) is 40.2 cm³/mol. The molecule has 0 aromatic heterocycles. The van der Waals surface area contributed by atoms with Crippen LogP contribution >= 0.6 is 0 Å². The molecular formula is C8H17N. The van der Waals surface area contributed by atoms with Crippen LogP contribution in [0.5, 0.6) is 0 Å². The maximum atomic E-state index is 5.51. The monoisotopic (exact) mass is 127 g/mol. The fraction of sp³-hybridized carbons (Fsp3) is 1.00. The Hall–Kier alpha value is -0.0400. The van der Waals surface area contributed by atoms with Crippen molar-refractivity contribution >= 4 is 0 Å². The van der Waals surface area contributed by atoms with E-state index in [1.54, 1.807) is 0 Å². The largest absolute Gasteiger partial charge is 0.330 e. The lowest BCUT2D eigenvalue weighted by atomic mass is 9.95. The van der Waals surface area contributed by atoms with E-state index in [0.29, 0.717) is 5.41 Å². The van der Waals surface area contributed by atoms with E-state index in [1.807, 2.05) is 0 Å². The minimum Gasteiger partial charge on any atom is -0.330 e. The molecule has 1 saturated carbocycles. The summed E-state index contributed by atoms with van der Waals surface area (Å²) < 4.78 is 0. The van der Waals surface area contributed by atoms with Crippen molar-refractivity contribution in [1.82, 2.24) is 0 Å². The van der Waals surface area contributed by atoms with Crippen LogP contribution in [-0.4, -0.2) is 6.54 Å². The summed E-state index contributed by atoms with van der Waals surface area (Å²) in [5, 5.41) is 0. The normalized spacial score (nSPS) is 25.7. The Balaban J connectivity index is 2.17. The average Bonchev–Trinajstić information content (AvgIpc) is 2.48. The lowest BCUT2D eigenvalue weighted by Gasteiger charge is -2.12. The lowest BCUT2D eigenvalue weighted by Crippen LogP contribution is -2.14. The molecule has 1 nitrogen and oxygen atoms in total. The molecule has 1 atom stereocenters. The van der Waals surface area contributed by atoms with E-state index in [4.69, 9.17) is 5.73 Å². The quantitative estimate of drug-likeness (QED) is 0.614. The minimum atomic E-state index is 0.693. The standard InChI is InChI=1S/C8H17N/c1-7(6-9)5-8(2)3-4-8/h7H,3-6,9H2,1-2H3/t7-/m0/s1. The van der Waals surface area contributed by atoms with Gasteiger partial charge in [0.25, 0.3) is 0 Å². The Morgan fingerprint density at radius 2 is 2.11 bits per heavy atom. The molecule has 0 bridgehead atoms. The smallest absolute Gasteiger partial charge is 0.00513 e. The molecule has 0 unspecified atom stereocenters. The van der Waals surface area contributed by atoms with Gasteiger partial charge in [0.2, 0.25) is 0 Å². The second-order valence-electron chi connectivity index (χ2n) is 3.86. The average molecular weight is 127 g/mol. The van der Waals surface area contributed by atoms with Gasteiger partial charge in [-0.25, -0.2) is 0 Å². The summed E-state index contributed by atoms with van der Waals surface area (Å²) in [5.41, 5.74) is 6.20. The highest BCUT2D eigenvalue weighted by Crippen LogP contribution is 2.49. The first kappa shape index (κ1) is 7.07. The van der Waals surface area contributed by atoms with E-state index >= 15 is 0 Å². The van der Waals surface area contributed by atoms with E-state index < -0.39 is 0 Å². The van der Waals surface area contributed by atoms with Crippen LogP contribution in [0, 0.1) is 11.3 Å². The molecule has 1 rings (SSSR count). The molecule has 0 aliphatic heterocycles. The third-order valence-corrected chi connectivity index (χ3v) is 2.35. The highest BCUT2D eigenvalue weighted by molar-refractivity contribution is 4.89. The van der Waals surface area contributed by atoms with Crippen LogP contribution in [0.3, 0.4) is 0 Å². The van der Waals surface area contributed by atoms with Crippen LogP contribution in [0.15, 0.2) is 0 Å². The summed E-state index contributed by atoms with van der Waals surface area (Å²) in [6.07, 6.45) is 4.19. The highest BCUT2D eigenvalue weighted by Gasteiger charge is 2.37. The molecule has 0 aromatic carbocycles. The van der Waals surface area contributed by atoms with Crippen molar-refractivity contribution in [2.45, 2.75) is 33.1 Å². The topological polar surface area (TPSA) is 26.0 Å². The maximum absolute atomic E-state index is 5.51. The van der Waals surface area contributed by atoms with E-state index in [2.05, 4.69) is 13.8 Å². The summed E-state index contributed by atoms with van der Waals surface area (Å²) in [7, 11) is 0. The molecule has 1 aliphatic carbocycles. The van der Waals surface area contributed by atoms with Crippen molar-refractivity contribution in [1.29, 1.82) is 0 Å². The first-order chi connectivity index (χ1) is 4.16. The molecule has 0 radical (unpaired) electrons. The van der Waals surface area contributed by atoms with Gasteiger partial charge in [-0.1, -0.05) is 13.8 Å². The summed E-state index contributed by atoms with van der Waals surface area (Å²) in [6.45, 7) is 5.46. The van der Waals surface area contributed by atoms with Crippen molar-refractivity contribution in [2.75, 3.05) is 6.54 Å². The molecular weight excluding hydrogens is 110 g/mol. The van der Waals surface area contributed by atoms with E-state index in [9.17, 15) is 0 Å². The third kappa shape index (κ3) is 1.98. The molecule has 0 aromatic rings. The minimum absolute atomic E-state index is 0.693. The molecule has 0 amide bonds. The Bertz CT molecular complexity index is 94.7. The second kappa shape index (κ2) is 2.30. The Morgan fingerprint density at radius 1 is 1.56 bits per heavy atom. The van der Waals surface area contributed by atoms with Crippen molar-refractivity contribution in [2.24, 2.45) is 17.1 Å². The van der Waals surface area contributed by atoms with E-state index in [-0.39, 0.29) is 0 Å². The fourth-order valence-corrected chi connectivity index (χ4v) is 1.34. The van der Waals surface area contributed by atoms with Crippen molar-refractivity contribution < 1.29 is 0 Å². The lowest BCUT2D eigenvalue weighted by molar-refractivity contribution is 0.405. The highest BCUT2D eigenvalue weighted by atomic mass is 14.6. The van der Waals surface area contributed by atoms with Gasteiger partial charge >= 0.3 is 0 Å². The van der Waals surface area contributed by atoms with Gasteiger partial charge in [-0.15, -0.1) is 0 Å². The van der Waals surface area contributed by atoms with E-state index in [0.717, 1.165) is 12.5 Å². The molecule has 1 fully saturated rings. The molecule has 0 spiro atoms. The molecule has 54 valence electrons. The summed E-state index contributed by atoms with van der Waals surface area (Å²) >= 11 is 0. The fourth-order valence-electron chi connectivity index (χ4n) is 1.34. The van der Waals surface area contributed by atoms with Gasteiger partial charge in [0.05, 0.1) is 0 Å². The van der Waals surface area contributed by atoms with Crippen LogP contribution in [0.4, 0.5) is 0 Å². The van der Waals surface area contributed by atoms with Gasteiger partial charge in [-0.2, -0.15) is 0 Å². The summed E-state index contributed by atoms with van der Waals surface area (Å²) in [6, 6.07) is 0. The van der Waals surface area contributed by atoms with Crippen LogP contribution in [0.1, 0.15) is 33.1 Å². The van der Waals surface area contributed by atoms with Gasteiger partial charge in [-0.05, 0) is 37.1 Å². The zero-order valence-corrected chi connectivity index (χ0v) is 6.48.